The van der Waals surface area contributed by atoms with E-state index >= 15 is 0 Å². The van der Waals surface area contributed by atoms with Gasteiger partial charge in [-0.05, 0) is 36.5 Å². The molecule has 0 N–H and O–H groups in total. The van der Waals surface area contributed by atoms with Crippen molar-refractivity contribution < 1.29 is 9.53 Å². The molecule has 1 aromatic heterocycles. The first-order chi connectivity index (χ1) is 13.5. The zero-order chi connectivity index (χ0) is 19.8. The quantitative estimate of drug-likeness (QED) is 0.789. The summed E-state index contributed by atoms with van der Waals surface area (Å²) in [4.78, 5) is 27.9. The average Bonchev–Trinajstić information content (AvgIpc) is 3.11. The molecule has 2 aliphatic rings. The van der Waals surface area contributed by atoms with Crippen LogP contribution in [0.2, 0.25) is 0 Å². The third-order valence-electron chi connectivity index (χ3n) is 5.77. The number of hydrogen-bond acceptors (Lipinski definition) is 4. The molecule has 2 aromatic rings. The monoisotopic (exact) mass is 384 g/mol. The summed E-state index contributed by atoms with van der Waals surface area (Å²) < 4.78 is 8.57. The van der Waals surface area contributed by atoms with Crippen molar-refractivity contribution in [2.45, 2.75) is 64.7 Å². The number of nitrogens with zero attached hydrogens (tertiary/aromatic N) is 4. The van der Waals surface area contributed by atoms with Crippen LogP contribution in [0.15, 0.2) is 29.1 Å². The molecule has 4 rings (SSSR count). The second-order valence-electron chi connectivity index (χ2n) is 8.30. The van der Waals surface area contributed by atoms with Gasteiger partial charge < -0.3 is 9.64 Å². The van der Waals surface area contributed by atoms with E-state index in [2.05, 4.69) is 18.9 Å². The van der Waals surface area contributed by atoms with E-state index < -0.39 is 0 Å². The highest BCUT2D eigenvalue weighted by atomic mass is 16.5. The summed E-state index contributed by atoms with van der Waals surface area (Å²) in [6.07, 6.45) is 2.95. The molecule has 1 amide bonds. The summed E-state index contributed by atoms with van der Waals surface area (Å²) in [5.74, 6) is 2.11. The van der Waals surface area contributed by atoms with Crippen molar-refractivity contribution in [1.82, 2.24) is 19.2 Å². The topological polar surface area (TPSA) is 69.4 Å². The highest BCUT2D eigenvalue weighted by Gasteiger charge is 2.41. The summed E-state index contributed by atoms with van der Waals surface area (Å²) in [6, 6.07) is 7.84. The van der Waals surface area contributed by atoms with Crippen LogP contribution in [0.4, 0.5) is 0 Å². The summed E-state index contributed by atoms with van der Waals surface area (Å²) in [6.45, 7) is 5.35. The molecule has 28 heavy (non-hydrogen) atoms. The maximum absolute atomic E-state index is 13.1. The lowest BCUT2D eigenvalue weighted by atomic mass is 10.1. The molecular weight excluding hydrogens is 356 g/mol. The van der Waals surface area contributed by atoms with Crippen molar-refractivity contribution in [3.05, 3.63) is 46.1 Å². The van der Waals surface area contributed by atoms with E-state index in [1.54, 1.807) is 16.4 Å². The van der Waals surface area contributed by atoms with E-state index in [1.165, 1.54) is 0 Å². The predicted octanol–water partition coefficient (Wildman–Crippen LogP) is 1.87. The smallest absolute Gasteiger partial charge is 0.345 e. The highest BCUT2D eigenvalue weighted by molar-refractivity contribution is 5.80. The van der Waals surface area contributed by atoms with Crippen LogP contribution in [0.1, 0.15) is 38.1 Å². The Morgan fingerprint density at radius 1 is 1.21 bits per heavy atom. The van der Waals surface area contributed by atoms with Gasteiger partial charge in [-0.1, -0.05) is 26.0 Å². The molecular formula is C21H28N4O3. The molecule has 150 valence electrons. The minimum atomic E-state index is -0.0428. The minimum Gasteiger partial charge on any atom is -0.497 e. The fourth-order valence-corrected chi connectivity index (χ4v) is 4.46. The highest BCUT2D eigenvalue weighted by Crippen LogP contribution is 2.31. The van der Waals surface area contributed by atoms with Crippen molar-refractivity contribution in [2.75, 3.05) is 7.11 Å². The molecule has 1 fully saturated rings. The van der Waals surface area contributed by atoms with Crippen LogP contribution in [0.5, 0.6) is 5.75 Å². The number of hydrogen-bond donors (Lipinski definition) is 0. The van der Waals surface area contributed by atoms with Gasteiger partial charge in [0.25, 0.3) is 0 Å². The first-order valence-corrected chi connectivity index (χ1v) is 10.1. The number of benzene rings is 1. The Morgan fingerprint density at radius 2 is 1.93 bits per heavy atom. The summed E-state index contributed by atoms with van der Waals surface area (Å²) in [5.41, 5.74) is 0.935. The largest absolute Gasteiger partial charge is 0.497 e. The number of amides is 1. The SMILES string of the molecule is COc1ccc(CC(=O)N2[C@@H]3CC[C@H]2Cc2nn(CC(C)C)c(=O)n2C3)cc1. The van der Waals surface area contributed by atoms with Crippen LogP contribution in [0.3, 0.4) is 0 Å². The number of aromatic nitrogens is 3. The van der Waals surface area contributed by atoms with E-state index in [0.29, 0.717) is 31.8 Å². The zero-order valence-corrected chi connectivity index (χ0v) is 16.8. The second-order valence-corrected chi connectivity index (χ2v) is 8.30. The molecule has 0 aliphatic carbocycles. The third kappa shape index (κ3) is 3.45. The average molecular weight is 384 g/mol. The first kappa shape index (κ1) is 18.8. The number of methoxy groups -OCH3 is 1. The molecule has 7 nitrogen and oxygen atoms in total. The van der Waals surface area contributed by atoms with Crippen LogP contribution < -0.4 is 10.4 Å². The van der Waals surface area contributed by atoms with Gasteiger partial charge in [0.1, 0.15) is 11.6 Å². The molecule has 2 atom stereocenters. The van der Waals surface area contributed by atoms with Gasteiger partial charge >= 0.3 is 5.69 Å². The summed E-state index contributed by atoms with van der Waals surface area (Å²) in [5, 5.41) is 4.58. The Kier molecular flexibility index (Phi) is 5.00. The van der Waals surface area contributed by atoms with Crippen LogP contribution >= 0.6 is 0 Å². The molecule has 0 saturated carbocycles. The lowest BCUT2D eigenvalue weighted by Gasteiger charge is -2.28. The van der Waals surface area contributed by atoms with Crippen LogP contribution in [-0.2, 0) is 30.7 Å². The summed E-state index contributed by atoms with van der Waals surface area (Å²) in [7, 11) is 1.63. The van der Waals surface area contributed by atoms with E-state index in [4.69, 9.17) is 4.74 Å². The molecule has 1 aromatic carbocycles. The van der Waals surface area contributed by atoms with E-state index in [9.17, 15) is 9.59 Å². The van der Waals surface area contributed by atoms with Crippen molar-refractivity contribution >= 4 is 5.91 Å². The molecule has 1 saturated heterocycles. The Labute approximate surface area is 164 Å². The molecule has 0 spiro atoms. The van der Waals surface area contributed by atoms with Gasteiger partial charge in [-0.15, -0.1) is 0 Å². The zero-order valence-electron chi connectivity index (χ0n) is 16.8. The Bertz CT molecular complexity index is 913. The van der Waals surface area contributed by atoms with E-state index in [1.807, 2.05) is 29.2 Å². The van der Waals surface area contributed by atoms with Crippen LogP contribution in [0, 0.1) is 5.92 Å². The van der Waals surface area contributed by atoms with Crippen molar-refractivity contribution in [2.24, 2.45) is 5.92 Å². The summed E-state index contributed by atoms with van der Waals surface area (Å²) >= 11 is 0. The Morgan fingerprint density at radius 3 is 2.61 bits per heavy atom. The number of carbonyl (C=O) groups excluding carboxylic acids is 1. The Hall–Kier alpha value is -2.57. The fourth-order valence-electron chi connectivity index (χ4n) is 4.46. The maximum atomic E-state index is 13.1. The molecule has 0 unspecified atom stereocenters. The van der Waals surface area contributed by atoms with Gasteiger partial charge in [-0.3, -0.25) is 9.36 Å². The molecule has 2 aliphatic heterocycles. The van der Waals surface area contributed by atoms with Gasteiger partial charge in [-0.25, -0.2) is 9.48 Å². The minimum absolute atomic E-state index is 0.0428. The predicted molar refractivity (Wildman–Crippen MR) is 105 cm³/mol. The lowest BCUT2D eigenvalue weighted by Crippen LogP contribution is -2.43. The number of ether oxygens (including phenoxy) is 1. The molecule has 7 heteroatoms. The van der Waals surface area contributed by atoms with E-state index in [-0.39, 0.29) is 23.7 Å². The van der Waals surface area contributed by atoms with Crippen LogP contribution in [0.25, 0.3) is 0 Å². The van der Waals surface area contributed by atoms with Gasteiger partial charge in [0, 0.05) is 25.6 Å². The first-order valence-electron chi connectivity index (χ1n) is 10.1. The standard InChI is InChI=1S/C21H28N4O3/c1-14(2)12-24-21(27)23-13-17-7-6-16(11-19(23)22-24)25(17)20(26)10-15-4-8-18(28-3)9-5-15/h4-5,8-9,14,16-17H,6-7,10-13H2,1-3H3/t16-,17+/m0/s1. The van der Waals surface area contributed by atoms with Gasteiger partial charge in [0.2, 0.25) is 5.91 Å². The third-order valence-corrected chi connectivity index (χ3v) is 5.77. The lowest BCUT2D eigenvalue weighted by molar-refractivity contribution is -0.133. The van der Waals surface area contributed by atoms with Crippen LogP contribution in [-0.4, -0.2) is 44.3 Å². The molecule has 2 bridgehead atoms. The fraction of sp³-hybridized carbons (Fsp3) is 0.571. The van der Waals surface area contributed by atoms with Gasteiger partial charge in [0.15, 0.2) is 0 Å². The van der Waals surface area contributed by atoms with Crippen molar-refractivity contribution in [3.63, 3.8) is 0 Å². The van der Waals surface area contributed by atoms with Gasteiger partial charge in [0.05, 0.1) is 19.6 Å². The Balaban J connectivity index is 1.53. The van der Waals surface area contributed by atoms with E-state index in [0.717, 1.165) is 30.0 Å². The van der Waals surface area contributed by atoms with Crippen molar-refractivity contribution in [1.29, 1.82) is 0 Å². The van der Waals surface area contributed by atoms with Crippen molar-refractivity contribution in [3.8, 4) is 5.75 Å². The van der Waals surface area contributed by atoms with Gasteiger partial charge in [-0.2, -0.15) is 5.10 Å². The number of fused-ring (bicyclic) bond motifs is 3. The number of carbonyl (C=O) groups is 1. The number of rotatable bonds is 5. The molecule has 0 radical (unpaired) electrons. The molecule has 3 heterocycles. The normalized spacial score (nSPS) is 20.9. The maximum Gasteiger partial charge on any atom is 0.345 e. The second kappa shape index (κ2) is 7.45.